The molecule has 0 aliphatic carbocycles. The molecule has 1 heterocycles. The lowest BCUT2D eigenvalue weighted by molar-refractivity contribution is 0.621. The van der Waals surface area contributed by atoms with Gasteiger partial charge >= 0.3 is 0 Å². The maximum absolute atomic E-state index is 13.4. The minimum absolute atomic E-state index is 0.247. The molecule has 0 saturated heterocycles. The molecule has 88 valence electrons. The van der Waals surface area contributed by atoms with E-state index in [4.69, 9.17) is 5.73 Å². The first-order valence-electron chi connectivity index (χ1n) is 5.01. The molecule has 2 aromatic rings. The normalized spacial score (nSPS) is 10.3. The standard InChI is InChI=1S/C12H11FIN3/c1-7-5-8(15)6-16-12(7)17-10-4-2-3-9(13)11(10)14/h2-6H,15H2,1H3,(H,16,17). The number of hydrogen-bond acceptors (Lipinski definition) is 3. The molecule has 17 heavy (non-hydrogen) atoms. The van der Waals surface area contributed by atoms with Gasteiger partial charge in [0.25, 0.3) is 0 Å². The molecule has 0 spiro atoms. The fourth-order valence-corrected chi connectivity index (χ4v) is 1.95. The number of halogens is 2. The number of nitrogens with two attached hydrogens (primary N) is 1. The fraction of sp³-hybridized carbons (Fsp3) is 0.0833. The molecule has 2 rings (SSSR count). The second-order valence-electron chi connectivity index (χ2n) is 3.66. The summed E-state index contributed by atoms with van der Waals surface area (Å²) in [6.07, 6.45) is 1.57. The maximum Gasteiger partial charge on any atom is 0.138 e. The lowest BCUT2D eigenvalue weighted by Crippen LogP contribution is -2.00. The van der Waals surface area contributed by atoms with E-state index in [2.05, 4.69) is 10.3 Å². The molecule has 5 heteroatoms. The van der Waals surface area contributed by atoms with Crippen LogP contribution in [0.1, 0.15) is 5.56 Å². The van der Waals surface area contributed by atoms with E-state index in [1.807, 2.05) is 41.6 Å². The zero-order valence-corrected chi connectivity index (χ0v) is 11.3. The SMILES string of the molecule is Cc1cc(N)cnc1Nc1cccc(F)c1I. The van der Waals surface area contributed by atoms with Crippen LogP contribution in [0.2, 0.25) is 0 Å². The summed E-state index contributed by atoms with van der Waals surface area (Å²) in [6.45, 7) is 1.90. The van der Waals surface area contributed by atoms with Gasteiger partial charge in [0.15, 0.2) is 0 Å². The molecule has 0 fully saturated rings. The van der Waals surface area contributed by atoms with Gasteiger partial charge in [-0.05, 0) is 53.3 Å². The highest BCUT2D eigenvalue weighted by Gasteiger charge is 2.07. The summed E-state index contributed by atoms with van der Waals surface area (Å²) in [4.78, 5) is 4.18. The van der Waals surface area contributed by atoms with Crippen LogP contribution < -0.4 is 11.1 Å². The second kappa shape index (κ2) is 4.87. The monoisotopic (exact) mass is 343 g/mol. The Kier molecular flexibility index (Phi) is 3.46. The van der Waals surface area contributed by atoms with Crippen LogP contribution in [0.3, 0.4) is 0 Å². The third-order valence-corrected chi connectivity index (χ3v) is 3.40. The first kappa shape index (κ1) is 12.1. The van der Waals surface area contributed by atoms with Crippen molar-refractivity contribution in [3.8, 4) is 0 Å². The van der Waals surface area contributed by atoms with Crippen molar-refractivity contribution >= 4 is 39.8 Å². The molecule has 0 aliphatic rings. The Morgan fingerprint density at radius 3 is 2.88 bits per heavy atom. The lowest BCUT2D eigenvalue weighted by atomic mass is 10.2. The molecule has 1 aromatic carbocycles. The number of anilines is 3. The molecule has 0 amide bonds. The summed E-state index contributed by atoms with van der Waals surface area (Å²) in [5.41, 5.74) is 7.86. The first-order valence-corrected chi connectivity index (χ1v) is 6.09. The average Bonchev–Trinajstić information content (AvgIpc) is 2.28. The van der Waals surface area contributed by atoms with E-state index in [0.717, 1.165) is 5.56 Å². The van der Waals surface area contributed by atoms with Crippen LogP contribution in [-0.4, -0.2) is 4.98 Å². The summed E-state index contributed by atoms with van der Waals surface area (Å²) >= 11 is 1.96. The number of aryl methyl sites for hydroxylation is 1. The zero-order valence-electron chi connectivity index (χ0n) is 9.17. The highest BCUT2D eigenvalue weighted by atomic mass is 127. The lowest BCUT2D eigenvalue weighted by Gasteiger charge is -2.10. The third kappa shape index (κ3) is 2.66. The van der Waals surface area contributed by atoms with Gasteiger partial charge in [0, 0.05) is 0 Å². The van der Waals surface area contributed by atoms with Crippen LogP contribution in [0.25, 0.3) is 0 Å². The summed E-state index contributed by atoms with van der Waals surface area (Å²) < 4.78 is 13.9. The maximum atomic E-state index is 13.4. The Morgan fingerprint density at radius 1 is 1.41 bits per heavy atom. The van der Waals surface area contributed by atoms with E-state index in [-0.39, 0.29) is 5.82 Å². The van der Waals surface area contributed by atoms with Crippen LogP contribution in [-0.2, 0) is 0 Å². The van der Waals surface area contributed by atoms with E-state index < -0.39 is 0 Å². The van der Waals surface area contributed by atoms with Crippen LogP contribution in [0.4, 0.5) is 21.6 Å². The molecular formula is C12H11FIN3. The van der Waals surface area contributed by atoms with Crippen molar-refractivity contribution in [2.75, 3.05) is 11.1 Å². The Hall–Kier alpha value is -1.37. The van der Waals surface area contributed by atoms with Gasteiger partial charge in [0.05, 0.1) is 21.1 Å². The molecule has 0 bridgehead atoms. The summed E-state index contributed by atoms with van der Waals surface area (Å²) in [7, 11) is 0. The first-order chi connectivity index (χ1) is 8.08. The number of benzene rings is 1. The average molecular weight is 343 g/mol. The van der Waals surface area contributed by atoms with E-state index in [1.165, 1.54) is 6.07 Å². The quantitative estimate of drug-likeness (QED) is 0.821. The number of nitrogen functional groups attached to an aromatic ring is 1. The van der Waals surface area contributed by atoms with Crippen molar-refractivity contribution in [3.63, 3.8) is 0 Å². The summed E-state index contributed by atoms with van der Waals surface area (Å²) in [5.74, 6) is 0.436. The van der Waals surface area contributed by atoms with Crippen molar-refractivity contribution in [3.05, 3.63) is 45.4 Å². The highest BCUT2D eigenvalue weighted by molar-refractivity contribution is 14.1. The van der Waals surface area contributed by atoms with Gasteiger partial charge in [-0.25, -0.2) is 9.37 Å². The number of hydrogen-bond donors (Lipinski definition) is 2. The van der Waals surface area contributed by atoms with Crippen molar-refractivity contribution in [2.45, 2.75) is 6.92 Å². The van der Waals surface area contributed by atoms with Crippen LogP contribution in [0.15, 0.2) is 30.5 Å². The summed E-state index contributed by atoms with van der Waals surface area (Å²) in [6, 6.07) is 6.71. The largest absolute Gasteiger partial charge is 0.397 e. The highest BCUT2D eigenvalue weighted by Crippen LogP contribution is 2.25. The molecule has 0 aliphatic heterocycles. The molecular weight excluding hydrogens is 332 g/mol. The van der Waals surface area contributed by atoms with Gasteiger partial charge in [-0.1, -0.05) is 6.07 Å². The van der Waals surface area contributed by atoms with E-state index in [9.17, 15) is 4.39 Å². The molecule has 1 aromatic heterocycles. The number of pyridine rings is 1. The van der Waals surface area contributed by atoms with Crippen molar-refractivity contribution in [1.82, 2.24) is 4.98 Å². The third-order valence-electron chi connectivity index (χ3n) is 2.30. The van der Waals surface area contributed by atoms with Gasteiger partial charge in [0.2, 0.25) is 0 Å². The molecule has 0 atom stereocenters. The van der Waals surface area contributed by atoms with E-state index in [1.54, 1.807) is 12.3 Å². The molecule has 3 nitrogen and oxygen atoms in total. The number of rotatable bonds is 2. The fourth-order valence-electron chi connectivity index (χ4n) is 1.46. The Labute approximate surface area is 112 Å². The Balaban J connectivity index is 2.35. The Morgan fingerprint density at radius 2 is 2.18 bits per heavy atom. The van der Waals surface area contributed by atoms with Crippen molar-refractivity contribution in [1.29, 1.82) is 0 Å². The number of aromatic nitrogens is 1. The topological polar surface area (TPSA) is 50.9 Å². The predicted octanol–water partition coefficient (Wildman–Crippen LogP) is 3.46. The van der Waals surface area contributed by atoms with E-state index in [0.29, 0.717) is 20.8 Å². The van der Waals surface area contributed by atoms with Gasteiger partial charge < -0.3 is 11.1 Å². The smallest absolute Gasteiger partial charge is 0.138 e. The minimum atomic E-state index is -0.247. The molecule has 0 saturated carbocycles. The Bertz CT molecular complexity index is 557. The number of nitrogens with one attached hydrogen (secondary N) is 1. The van der Waals surface area contributed by atoms with Crippen molar-refractivity contribution < 1.29 is 4.39 Å². The van der Waals surface area contributed by atoms with E-state index >= 15 is 0 Å². The minimum Gasteiger partial charge on any atom is -0.397 e. The second-order valence-corrected chi connectivity index (χ2v) is 4.74. The van der Waals surface area contributed by atoms with Gasteiger partial charge in [0.1, 0.15) is 11.6 Å². The molecule has 3 N–H and O–H groups in total. The number of nitrogens with zero attached hydrogens (tertiary/aromatic N) is 1. The van der Waals surface area contributed by atoms with Crippen LogP contribution >= 0.6 is 22.6 Å². The van der Waals surface area contributed by atoms with Crippen LogP contribution in [0, 0.1) is 16.3 Å². The van der Waals surface area contributed by atoms with Gasteiger partial charge in [-0.3, -0.25) is 0 Å². The molecule has 0 unspecified atom stereocenters. The van der Waals surface area contributed by atoms with Gasteiger partial charge in [-0.2, -0.15) is 0 Å². The zero-order chi connectivity index (χ0) is 12.4. The van der Waals surface area contributed by atoms with Crippen LogP contribution in [0.5, 0.6) is 0 Å². The van der Waals surface area contributed by atoms with Crippen molar-refractivity contribution in [2.24, 2.45) is 0 Å². The predicted molar refractivity (Wildman–Crippen MR) is 75.8 cm³/mol. The van der Waals surface area contributed by atoms with Gasteiger partial charge in [-0.15, -0.1) is 0 Å². The summed E-state index contributed by atoms with van der Waals surface area (Å²) in [5, 5.41) is 3.09. The molecule has 0 radical (unpaired) electrons.